The van der Waals surface area contributed by atoms with Gasteiger partial charge >= 0.3 is 0 Å². The minimum Gasteiger partial charge on any atom is -0.361 e. The van der Waals surface area contributed by atoms with Gasteiger partial charge in [0.2, 0.25) is 0 Å². The summed E-state index contributed by atoms with van der Waals surface area (Å²) in [6.45, 7) is 5.14. The Hall–Kier alpha value is -2.11. The lowest BCUT2D eigenvalue weighted by atomic mass is 10.2. The summed E-state index contributed by atoms with van der Waals surface area (Å²) in [6, 6.07) is 1.63. The van der Waals surface area contributed by atoms with Gasteiger partial charge in [-0.1, -0.05) is 10.3 Å². The lowest BCUT2D eigenvalue weighted by Crippen LogP contribution is -2.13. The van der Waals surface area contributed by atoms with Crippen LogP contribution in [0.5, 0.6) is 0 Å². The van der Waals surface area contributed by atoms with E-state index in [1.165, 1.54) is 0 Å². The van der Waals surface area contributed by atoms with Crippen molar-refractivity contribution in [3.05, 3.63) is 28.8 Å². The molecule has 2 rings (SSSR count). The largest absolute Gasteiger partial charge is 0.361 e. The number of hydrogen-bond acceptors (Lipinski definition) is 5. The van der Waals surface area contributed by atoms with Crippen LogP contribution in [0, 0.1) is 20.8 Å². The third-order valence-corrected chi connectivity index (χ3v) is 2.13. The molecule has 0 saturated carbocycles. The van der Waals surface area contributed by atoms with Crippen molar-refractivity contribution in [3.8, 4) is 0 Å². The van der Waals surface area contributed by atoms with E-state index in [9.17, 15) is 4.79 Å². The molecule has 0 aliphatic carbocycles. The Balaban J connectivity index is 2.21. The molecule has 0 aromatic carbocycles. The van der Waals surface area contributed by atoms with Crippen LogP contribution in [0.2, 0.25) is 0 Å². The molecule has 84 valence electrons. The molecule has 0 bridgehead atoms. The molecule has 1 N–H and O–H groups in total. The van der Waals surface area contributed by atoms with Crippen molar-refractivity contribution in [2.24, 2.45) is 0 Å². The van der Waals surface area contributed by atoms with Crippen molar-refractivity contribution in [3.63, 3.8) is 0 Å². The molecule has 0 atom stereocenters. The number of carbonyl (C=O) groups is 1. The number of nitrogens with one attached hydrogen (secondary N) is 1. The van der Waals surface area contributed by atoms with E-state index < -0.39 is 0 Å². The minimum absolute atomic E-state index is 0.301. The SMILES string of the molecule is Cc1cc(NC(=O)c2c(C)noc2C)no1. The van der Waals surface area contributed by atoms with Crippen LogP contribution in [0.25, 0.3) is 0 Å². The number of aryl methyl sites for hydroxylation is 3. The number of nitrogens with zero attached hydrogens (tertiary/aromatic N) is 2. The second kappa shape index (κ2) is 3.80. The molecule has 0 radical (unpaired) electrons. The van der Waals surface area contributed by atoms with Crippen LogP contribution >= 0.6 is 0 Å². The van der Waals surface area contributed by atoms with E-state index in [1.807, 2.05) is 0 Å². The molecule has 2 aromatic rings. The van der Waals surface area contributed by atoms with Crippen molar-refractivity contribution in [2.75, 3.05) is 5.32 Å². The average Bonchev–Trinajstić information content (AvgIpc) is 2.74. The number of rotatable bonds is 2. The van der Waals surface area contributed by atoms with Crippen LogP contribution in [0.15, 0.2) is 15.1 Å². The van der Waals surface area contributed by atoms with E-state index >= 15 is 0 Å². The third kappa shape index (κ3) is 1.81. The fourth-order valence-electron chi connectivity index (χ4n) is 1.41. The van der Waals surface area contributed by atoms with Gasteiger partial charge < -0.3 is 14.4 Å². The first-order chi connectivity index (χ1) is 7.58. The third-order valence-electron chi connectivity index (χ3n) is 2.13. The van der Waals surface area contributed by atoms with Gasteiger partial charge in [-0.15, -0.1) is 0 Å². The Morgan fingerprint density at radius 2 is 2.00 bits per heavy atom. The average molecular weight is 221 g/mol. The van der Waals surface area contributed by atoms with Gasteiger partial charge in [0.05, 0.1) is 5.69 Å². The summed E-state index contributed by atoms with van der Waals surface area (Å²) in [4.78, 5) is 11.8. The standard InChI is InChI=1S/C10H11N3O3/c1-5-4-8(13-15-5)11-10(14)9-6(2)12-16-7(9)3/h4H,1-3H3,(H,11,13,14). The Morgan fingerprint density at radius 1 is 1.25 bits per heavy atom. The summed E-state index contributed by atoms with van der Waals surface area (Å²) >= 11 is 0. The van der Waals surface area contributed by atoms with Gasteiger partial charge in [0.25, 0.3) is 5.91 Å². The monoisotopic (exact) mass is 221 g/mol. The maximum atomic E-state index is 11.8. The smallest absolute Gasteiger partial charge is 0.262 e. The molecule has 16 heavy (non-hydrogen) atoms. The second-order valence-electron chi connectivity index (χ2n) is 3.48. The molecule has 0 aliphatic heterocycles. The van der Waals surface area contributed by atoms with Crippen LogP contribution in [0.1, 0.15) is 27.6 Å². The first-order valence-electron chi connectivity index (χ1n) is 4.75. The highest BCUT2D eigenvalue weighted by molar-refractivity contribution is 6.05. The summed E-state index contributed by atoms with van der Waals surface area (Å²) in [7, 11) is 0. The fraction of sp³-hybridized carbons (Fsp3) is 0.300. The van der Waals surface area contributed by atoms with Crippen LogP contribution in [0.3, 0.4) is 0 Å². The van der Waals surface area contributed by atoms with E-state index in [4.69, 9.17) is 9.05 Å². The number of anilines is 1. The predicted octanol–water partition coefficient (Wildman–Crippen LogP) is 1.84. The van der Waals surface area contributed by atoms with Crippen LogP contribution in [-0.4, -0.2) is 16.2 Å². The molecule has 0 fully saturated rings. The lowest BCUT2D eigenvalue weighted by Gasteiger charge is -1.99. The topological polar surface area (TPSA) is 81.2 Å². The Kier molecular flexibility index (Phi) is 2.47. The van der Waals surface area contributed by atoms with E-state index in [1.54, 1.807) is 26.8 Å². The zero-order valence-electron chi connectivity index (χ0n) is 9.20. The fourth-order valence-corrected chi connectivity index (χ4v) is 1.41. The normalized spacial score (nSPS) is 10.4. The van der Waals surface area contributed by atoms with Crippen LogP contribution in [-0.2, 0) is 0 Å². The predicted molar refractivity (Wildman–Crippen MR) is 55.2 cm³/mol. The molecule has 1 amide bonds. The highest BCUT2D eigenvalue weighted by Gasteiger charge is 2.18. The number of hydrogen-bond donors (Lipinski definition) is 1. The van der Waals surface area contributed by atoms with Crippen molar-refractivity contribution < 1.29 is 13.8 Å². The van der Waals surface area contributed by atoms with Crippen LogP contribution < -0.4 is 5.32 Å². The summed E-state index contributed by atoms with van der Waals surface area (Å²) < 4.78 is 9.74. The maximum Gasteiger partial charge on any atom is 0.262 e. The summed E-state index contributed by atoms with van der Waals surface area (Å²) in [5.74, 6) is 1.19. The van der Waals surface area contributed by atoms with Gasteiger partial charge in [-0.3, -0.25) is 4.79 Å². The van der Waals surface area contributed by atoms with Crippen molar-refractivity contribution in [2.45, 2.75) is 20.8 Å². The first kappa shape index (κ1) is 10.4. The molecule has 0 saturated heterocycles. The summed E-state index contributed by atoms with van der Waals surface area (Å²) in [5, 5.41) is 9.97. The van der Waals surface area contributed by atoms with Gasteiger partial charge in [0, 0.05) is 6.07 Å². The molecule has 0 aliphatic rings. The van der Waals surface area contributed by atoms with Crippen molar-refractivity contribution >= 4 is 11.7 Å². The quantitative estimate of drug-likeness (QED) is 0.836. The van der Waals surface area contributed by atoms with Crippen molar-refractivity contribution in [1.82, 2.24) is 10.3 Å². The Bertz CT molecular complexity index is 508. The van der Waals surface area contributed by atoms with Crippen LogP contribution in [0.4, 0.5) is 5.82 Å². The summed E-state index contributed by atoms with van der Waals surface area (Å²) in [5.41, 5.74) is 0.982. The Morgan fingerprint density at radius 3 is 2.50 bits per heavy atom. The number of amides is 1. The molecule has 2 aromatic heterocycles. The second-order valence-corrected chi connectivity index (χ2v) is 3.48. The Labute approximate surface area is 91.6 Å². The van der Waals surface area contributed by atoms with E-state index in [0.29, 0.717) is 28.6 Å². The van der Waals surface area contributed by atoms with Gasteiger partial charge in [-0.2, -0.15) is 0 Å². The van der Waals surface area contributed by atoms with Gasteiger partial charge in [-0.25, -0.2) is 0 Å². The van der Waals surface area contributed by atoms with E-state index in [-0.39, 0.29) is 5.91 Å². The summed E-state index contributed by atoms with van der Waals surface area (Å²) in [6.07, 6.45) is 0. The minimum atomic E-state index is -0.301. The molecular formula is C10H11N3O3. The highest BCUT2D eigenvalue weighted by Crippen LogP contribution is 2.15. The van der Waals surface area contributed by atoms with Gasteiger partial charge in [0.1, 0.15) is 17.1 Å². The lowest BCUT2D eigenvalue weighted by molar-refractivity contribution is 0.102. The molecule has 0 spiro atoms. The van der Waals surface area contributed by atoms with Crippen molar-refractivity contribution in [1.29, 1.82) is 0 Å². The van der Waals surface area contributed by atoms with Gasteiger partial charge in [-0.05, 0) is 20.8 Å². The van der Waals surface area contributed by atoms with E-state index in [2.05, 4.69) is 15.6 Å². The first-order valence-corrected chi connectivity index (χ1v) is 4.75. The molecular weight excluding hydrogens is 210 g/mol. The number of aromatic nitrogens is 2. The molecule has 6 nitrogen and oxygen atoms in total. The number of carbonyl (C=O) groups excluding carboxylic acids is 1. The molecule has 0 unspecified atom stereocenters. The molecule has 2 heterocycles. The zero-order chi connectivity index (χ0) is 11.7. The highest BCUT2D eigenvalue weighted by atomic mass is 16.5. The van der Waals surface area contributed by atoms with Gasteiger partial charge in [0.15, 0.2) is 5.82 Å². The zero-order valence-corrected chi connectivity index (χ0v) is 9.20. The maximum absolute atomic E-state index is 11.8. The molecule has 6 heteroatoms. The van der Waals surface area contributed by atoms with E-state index in [0.717, 1.165) is 0 Å².